The molecule has 124 valence electrons. The van der Waals surface area contributed by atoms with Gasteiger partial charge in [-0.3, -0.25) is 4.79 Å². The predicted octanol–water partition coefficient (Wildman–Crippen LogP) is 3.47. The lowest BCUT2D eigenvalue weighted by atomic mass is 9.85. The first kappa shape index (κ1) is 18.8. The Morgan fingerprint density at radius 3 is 2.91 bits per heavy atom. The SMILES string of the molecule is CCOc1ccccc1NC(=O)CC(C)C1CCCNC1.Cl. The molecule has 1 saturated heterocycles. The van der Waals surface area contributed by atoms with Crippen LogP contribution in [0.15, 0.2) is 24.3 Å². The molecule has 0 saturated carbocycles. The number of rotatable bonds is 6. The van der Waals surface area contributed by atoms with Crippen molar-refractivity contribution < 1.29 is 9.53 Å². The monoisotopic (exact) mass is 326 g/mol. The number of anilines is 1. The van der Waals surface area contributed by atoms with Gasteiger partial charge in [0.15, 0.2) is 0 Å². The second-order valence-electron chi connectivity index (χ2n) is 5.77. The van der Waals surface area contributed by atoms with Crippen LogP contribution in [0.5, 0.6) is 5.75 Å². The summed E-state index contributed by atoms with van der Waals surface area (Å²) in [7, 11) is 0. The van der Waals surface area contributed by atoms with E-state index in [1.807, 2.05) is 31.2 Å². The molecular formula is C17H27ClN2O2. The maximum atomic E-state index is 12.2. The molecule has 2 N–H and O–H groups in total. The normalized spacial score (nSPS) is 18.9. The minimum absolute atomic E-state index is 0. The van der Waals surface area contributed by atoms with Crippen molar-refractivity contribution in [2.75, 3.05) is 25.0 Å². The number of piperidine rings is 1. The summed E-state index contributed by atoms with van der Waals surface area (Å²) in [6.07, 6.45) is 2.99. The number of hydrogen-bond donors (Lipinski definition) is 2. The fraction of sp³-hybridized carbons (Fsp3) is 0.588. The summed E-state index contributed by atoms with van der Waals surface area (Å²) < 4.78 is 5.53. The lowest BCUT2D eigenvalue weighted by Crippen LogP contribution is -2.34. The van der Waals surface area contributed by atoms with E-state index in [9.17, 15) is 4.79 Å². The van der Waals surface area contributed by atoms with Crippen LogP contribution in [0.2, 0.25) is 0 Å². The molecule has 1 aromatic rings. The van der Waals surface area contributed by atoms with Gasteiger partial charge in [-0.05, 0) is 56.8 Å². The molecule has 0 spiro atoms. The summed E-state index contributed by atoms with van der Waals surface area (Å²) in [6, 6.07) is 7.59. The number of para-hydroxylation sites is 2. The van der Waals surface area contributed by atoms with E-state index in [0.717, 1.165) is 24.5 Å². The Bertz CT molecular complexity index is 462. The molecule has 4 nitrogen and oxygen atoms in total. The minimum atomic E-state index is 0. The third-order valence-electron chi connectivity index (χ3n) is 4.11. The zero-order chi connectivity index (χ0) is 15.1. The predicted molar refractivity (Wildman–Crippen MR) is 92.9 cm³/mol. The van der Waals surface area contributed by atoms with E-state index >= 15 is 0 Å². The van der Waals surface area contributed by atoms with E-state index in [1.54, 1.807) is 0 Å². The van der Waals surface area contributed by atoms with Crippen molar-refractivity contribution in [3.63, 3.8) is 0 Å². The average molecular weight is 327 g/mol. The molecule has 0 bridgehead atoms. The van der Waals surface area contributed by atoms with Gasteiger partial charge in [-0.15, -0.1) is 12.4 Å². The summed E-state index contributed by atoms with van der Waals surface area (Å²) >= 11 is 0. The molecule has 5 heteroatoms. The molecule has 2 unspecified atom stereocenters. The Balaban J connectivity index is 0.00000242. The highest BCUT2D eigenvalue weighted by molar-refractivity contribution is 5.92. The first-order valence-corrected chi connectivity index (χ1v) is 7.93. The van der Waals surface area contributed by atoms with Gasteiger partial charge in [0.2, 0.25) is 5.91 Å². The fourth-order valence-electron chi connectivity index (χ4n) is 2.88. The molecule has 0 aliphatic carbocycles. The summed E-state index contributed by atoms with van der Waals surface area (Å²) in [6.45, 7) is 6.85. The molecule has 2 rings (SSSR count). The fourth-order valence-corrected chi connectivity index (χ4v) is 2.88. The molecule has 1 aliphatic heterocycles. The maximum absolute atomic E-state index is 12.2. The van der Waals surface area contributed by atoms with Crippen LogP contribution in [0.3, 0.4) is 0 Å². The van der Waals surface area contributed by atoms with Crippen molar-refractivity contribution in [1.29, 1.82) is 0 Å². The third-order valence-corrected chi connectivity index (χ3v) is 4.11. The van der Waals surface area contributed by atoms with Crippen molar-refractivity contribution >= 4 is 24.0 Å². The molecule has 1 aromatic carbocycles. The van der Waals surface area contributed by atoms with Crippen LogP contribution in [-0.2, 0) is 4.79 Å². The number of halogens is 1. The Morgan fingerprint density at radius 1 is 1.45 bits per heavy atom. The number of hydrogen-bond acceptors (Lipinski definition) is 3. The lowest BCUT2D eigenvalue weighted by molar-refractivity contribution is -0.117. The van der Waals surface area contributed by atoms with Crippen LogP contribution in [-0.4, -0.2) is 25.6 Å². The van der Waals surface area contributed by atoms with Gasteiger partial charge in [0.25, 0.3) is 0 Å². The highest BCUT2D eigenvalue weighted by Crippen LogP contribution is 2.26. The summed E-state index contributed by atoms with van der Waals surface area (Å²) in [4.78, 5) is 12.2. The number of amides is 1. The van der Waals surface area contributed by atoms with E-state index in [1.165, 1.54) is 12.8 Å². The van der Waals surface area contributed by atoms with Crippen LogP contribution in [0.25, 0.3) is 0 Å². The van der Waals surface area contributed by atoms with Crippen LogP contribution in [0.4, 0.5) is 5.69 Å². The number of carbonyl (C=O) groups excluding carboxylic acids is 1. The van der Waals surface area contributed by atoms with Crippen LogP contribution in [0, 0.1) is 11.8 Å². The standard InChI is InChI=1S/C17H26N2O2.ClH/c1-3-21-16-9-5-4-8-15(16)19-17(20)11-13(2)14-7-6-10-18-12-14;/h4-5,8-9,13-14,18H,3,6-7,10-12H2,1-2H3,(H,19,20);1H. The van der Waals surface area contributed by atoms with E-state index in [2.05, 4.69) is 17.6 Å². The van der Waals surface area contributed by atoms with E-state index in [4.69, 9.17) is 4.74 Å². The van der Waals surface area contributed by atoms with Crippen molar-refractivity contribution in [2.24, 2.45) is 11.8 Å². The zero-order valence-electron chi connectivity index (χ0n) is 13.4. The number of ether oxygens (including phenoxy) is 1. The van der Waals surface area contributed by atoms with Crippen molar-refractivity contribution in [2.45, 2.75) is 33.1 Å². The molecule has 22 heavy (non-hydrogen) atoms. The smallest absolute Gasteiger partial charge is 0.224 e. The highest BCUT2D eigenvalue weighted by atomic mass is 35.5. The first-order valence-electron chi connectivity index (χ1n) is 7.93. The highest BCUT2D eigenvalue weighted by Gasteiger charge is 2.22. The number of nitrogens with one attached hydrogen (secondary N) is 2. The van der Waals surface area contributed by atoms with Crippen LogP contribution >= 0.6 is 12.4 Å². The third kappa shape index (κ3) is 5.50. The van der Waals surface area contributed by atoms with Gasteiger partial charge in [-0.2, -0.15) is 0 Å². The second-order valence-corrected chi connectivity index (χ2v) is 5.77. The average Bonchev–Trinajstić information content (AvgIpc) is 2.50. The second kappa shape index (κ2) is 9.70. The Morgan fingerprint density at radius 2 is 2.23 bits per heavy atom. The van der Waals surface area contributed by atoms with Gasteiger partial charge in [0, 0.05) is 6.42 Å². The van der Waals surface area contributed by atoms with Crippen molar-refractivity contribution in [1.82, 2.24) is 5.32 Å². The van der Waals surface area contributed by atoms with Crippen molar-refractivity contribution in [3.8, 4) is 5.75 Å². The number of benzene rings is 1. The molecule has 1 fully saturated rings. The van der Waals surface area contributed by atoms with Gasteiger partial charge in [0.1, 0.15) is 5.75 Å². The summed E-state index contributed by atoms with van der Waals surface area (Å²) in [5.74, 6) is 1.81. The topological polar surface area (TPSA) is 50.4 Å². The summed E-state index contributed by atoms with van der Waals surface area (Å²) in [5, 5.41) is 6.39. The van der Waals surface area contributed by atoms with E-state index in [0.29, 0.717) is 24.9 Å². The molecule has 1 aliphatic rings. The Hall–Kier alpha value is -1.26. The van der Waals surface area contributed by atoms with Crippen LogP contribution < -0.4 is 15.4 Å². The molecule has 0 aromatic heterocycles. The Kier molecular flexibility index (Phi) is 8.28. The molecule has 1 heterocycles. The maximum Gasteiger partial charge on any atom is 0.224 e. The van der Waals surface area contributed by atoms with Gasteiger partial charge < -0.3 is 15.4 Å². The molecule has 1 amide bonds. The lowest BCUT2D eigenvalue weighted by Gasteiger charge is -2.28. The zero-order valence-corrected chi connectivity index (χ0v) is 14.2. The number of carbonyl (C=O) groups is 1. The molecule has 0 radical (unpaired) electrons. The van der Waals surface area contributed by atoms with Gasteiger partial charge >= 0.3 is 0 Å². The molecular weight excluding hydrogens is 300 g/mol. The largest absolute Gasteiger partial charge is 0.492 e. The van der Waals surface area contributed by atoms with E-state index < -0.39 is 0 Å². The van der Waals surface area contributed by atoms with Gasteiger partial charge in [-0.25, -0.2) is 0 Å². The first-order chi connectivity index (χ1) is 10.2. The van der Waals surface area contributed by atoms with Crippen molar-refractivity contribution in [3.05, 3.63) is 24.3 Å². The van der Waals surface area contributed by atoms with Crippen LogP contribution in [0.1, 0.15) is 33.1 Å². The quantitative estimate of drug-likeness (QED) is 0.841. The molecule has 2 atom stereocenters. The summed E-state index contributed by atoms with van der Waals surface area (Å²) in [5.41, 5.74) is 0.762. The van der Waals surface area contributed by atoms with Gasteiger partial charge in [-0.1, -0.05) is 19.1 Å². The van der Waals surface area contributed by atoms with Gasteiger partial charge in [0.05, 0.1) is 12.3 Å². The minimum Gasteiger partial charge on any atom is -0.492 e. The Labute approximate surface area is 139 Å². The van der Waals surface area contributed by atoms with E-state index in [-0.39, 0.29) is 18.3 Å².